The third-order valence-electron chi connectivity index (χ3n) is 2.52. The first-order valence-electron chi connectivity index (χ1n) is 6.28. The Morgan fingerprint density at radius 3 is 2.60 bits per heavy atom. The number of alkyl halides is 3. The molecular weight excluding hydrogens is 273 g/mol. The summed E-state index contributed by atoms with van der Waals surface area (Å²) in [5.74, 6) is 1.15. The van der Waals surface area contributed by atoms with Crippen molar-refractivity contribution in [3.63, 3.8) is 0 Å². The average molecular weight is 292 g/mol. The molecule has 0 saturated heterocycles. The molecule has 8 heteroatoms. The highest BCUT2D eigenvalue weighted by molar-refractivity contribution is 5.79. The van der Waals surface area contributed by atoms with Crippen molar-refractivity contribution in [2.75, 3.05) is 13.6 Å². The summed E-state index contributed by atoms with van der Waals surface area (Å²) in [6.07, 6.45) is -5.09. The molecule has 0 amide bonds. The quantitative estimate of drug-likeness (QED) is 0.646. The third-order valence-corrected chi connectivity index (χ3v) is 2.52. The monoisotopic (exact) mass is 292 g/mol. The van der Waals surface area contributed by atoms with Crippen molar-refractivity contribution >= 4 is 5.96 Å². The molecule has 0 aromatic carbocycles. The molecule has 0 aliphatic rings. The van der Waals surface area contributed by atoms with Gasteiger partial charge in [-0.25, -0.2) is 0 Å². The SMILES string of the molecule is CN=C(NCCC(F)(F)F)NCc1cc(C(C)C)no1. The van der Waals surface area contributed by atoms with Gasteiger partial charge < -0.3 is 15.2 Å². The van der Waals surface area contributed by atoms with Crippen LogP contribution in [0.5, 0.6) is 0 Å². The molecule has 0 saturated carbocycles. The molecule has 0 atom stereocenters. The minimum absolute atomic E-state index is 0.225. The average Bonchev–Trinajstić information content (AvgIpc) is 2.81. The second-order valence-electron chi connectivity index (χ2n) is 4.59. The molecule has 2 N–H and O–H groups in total. The largest absolute Gasteiger partial charge is 0.390 e. The lowest BCUT2D eigenvalue weighted by molar-refractivity contribution is -0.132. The maximum atomic E-state index is 12.0. The molecule has 1 rings (SSSR count). The van der Waals surface area contributed by atoms with Crippen LogP contribution >= 0.6 is 0 Å². The standard InChI is InChI=1S/C12H19F3N4O/c1-8(2)10-6-9(20-19-10)7-18-11(16-3)17-5-4-12(13,14)15/h6,8H,4-5,7H2,1-3H3,(H2,16,17,18). The Hall–Kier alpha value is -1.73. The molecular formula is C12H19F3N4O. The fraction of sp³-hybridized carbons (Fsp3) is 0.667. The number of guanidine groups is 1. The number of rotatable bonds is 5. The van der Waals surface area contributed by atoms with E-state index in [1.807, 2.05) is 13.8 Å². The van der Waals surface area contributed by atoms with Crippen molar-refractivity contribution in [1.29, 1.82) is 0 Å². The summed E-state index contributed by atoms with van der Waals surface area (Å²) in [6.45, 7) is 4.07. The second-order valence-corrected chi connectivity index (χ2v) is 4.59. The van der Waals surface area contributed by atoms with Crippen molar-refractivity contribution in [2.24, 2.45) is 4.99 Å². The zero-order valence-corrected chi connectivity index (χ0v) is 11.7. The van der Waals surface area contributed by atoms with Gasteiger partial charge in [0, 0.05) is 19.7 Å². The summed E-state index contributed by atoms with van der Waals surface area (Å²) in [6, 6.07) is 1.81. The van der Waals surface area contributed by atoms with E-state index in [9.17, 15) is 13.2 Å². The van der Waals surface area contributed by atoms with Gasteiger partial charge in [0.05, 0.1) is 18.7 Å². The van der Waals surface area contributed by atoms with Gasteiger partial charge in [-0.05, 0) is 5.92 Å². The molecule has 1 heterocycles. The Bertz CT molecular complexity index is 440. The first-order valence-corrected chi connectivity index (χ1v) is 6.28. The van der Waals surface area contributed by atoms with Crippen molar-refractivity contribution in [1.82, 2.24) is 15.8 Å². The summed E-state index contributed by atoms with van der Waals surface area (Å²) >= 11 is 0. The predicted octanol–water partition coefficient (Wildman–Crippen LogP) is 2.42. The predicted molar refractivity (Wildman–Crippen MR) is 69.5 cm³/mol. The van der Waals surface area contributed by atoms with E-state index in [2.05, 4.69) is 20.8 Å². The van der Waals surface area contributed by atoms with Crippen molar-refractivity contribution in [3.8, 4) is 0 Å². The van der Waals surface area contributed by atoms with Crippen LogP contribution < -0.4 is 10.6 Å². The molecule has 1 aromatic rings. The van der Waals surface area contributed by atoms with Crippen LogP contribution in [0.4, 0.5) is 13.2 Å². The summed E-state index contributed by atoms with van der Waals surface area (Å²) in [7, 11) is 1.49. The van der Waals surface area contributed by atoms with E-state index in [0.717, 1.165) is 5.69 Å². The Balaban J connectivity index is 2.37. The minimum atomic E-state index is -4.18. The van der Waals surface area contributed by atoms with Gasteiger partial charge in [0.25, 0.3) is 0 Å². The highest BCUT2D eigenvalue weighted by Gasteiger charge is 2.26. The zero-order chi connectivity index (χ0) is 15.2. The number of hydrogen-bond donors (Lipinski definition) is 2. The number of nitrogens with zero attached hydrogens (tertiary/aromatic N) is 2. The maximum absolute atomic E-state index is 12.0. The van der Waals surface area contributed by atoms with Gasteiger partial charge in [-0.1, -0.05) is 19.0 Å². The summed E-state index contributed by atoms with van der Waals surface area (Å²) in [5.41, 5.74) is 0.835. The summed E-state index contributed by atoms with van der Waals surface area (Å²) in [4.78, 5) is 3.83. The normalized spacial score (nSPS) is 12.8. The maximum Gasteiger partial charge on any atom is 0.390 e. The Labute approximate surface area is 115 Å². The fourth-order valence-corrected chi connectivity index (χ4v) is 1.40. The van der Waals surface area contributed by atoms with E-state index in [0.29, 0.717) is 12.3 Å². The first-order chi connectivity index (χ1) is 9.31. The second kappa shape index (κ2) is 7.16. The number of nitrogens with one attached hydrogen (secondary N) is 2. The number of aliphatic imine (C=N–C) groups is 1. The molecule has 20 heavy (non-hydrogen) atoms. The van der Waals surface area contributed by atoms with Crippen LogP contribution in [-0.4, -0.2) is 30.9 Å². The molecule has 1 aromatic heterocycles. The number of hydrogen-bond acceptors (Lipinski definition) is 3. The molecule has 0 fully saturated rings. The van der Waals surface area contributed by atoms with E-state index >= 15 is 0 Å². The van der Waals surface area contributed by atoms with E-state index in [1.165, 1.54) is 7.05 Å². The van der Waals surface area contributed by atoms with Gasteiger partial charge in [-0.3, -0.25) is 4.99 Å². The first kappa shape index (κ1) is 16.3. The van der Waals surface area contributed by atoms with Gasteiger partial charge in [-0.15, -0.1) is 0 Å². The zero-order valence-electron chi connectivity index (χ0n) is 11.7. The van der Waals surface area contributed by atoms with E-state index in [4.69, 9.17) is 4.52 Å². The Morgan fingerprint density at radius 2 is 2.10 bits per heavy atom. The third kappa shape index (κ3) is 5.94. The van der Waals surface area contributed by atoms with Gasteiger partial charge >= 0.3 is 6.18 Å². The van der Waals surface area contributed by atoms with Crippen LogP contribution in [0.15, 0.2) is 15.6 Å². The van der Waals surface area contributed by atoms with Crippen LogP contribution in [0.3, 0.4) is 0 Å². The molecule has 0 spiro atoms. The Kier molecular flexibility index (Phi) is 5.84. The summed E-state index contributed by atoms with van der Waals surface area (Å²) < 4.78 is 41.2. The van der Waals surface area contributed by atoms with Crippen molar-refractivity contribution in [3.05, 3.63) is 17.5 Å². The van der Waals surface area contributed by atoms with Crippen LogP contribution in [0, 0.1) is 0 Å². The molecule has 0 aliphatic carbocycles. The van der Waals surface area contributed by atoms with Crippen molar-refractivity contribution < 1.29 is 17.7 Å². The highest BCUT2D eigenvalue weighted by Crippen LogP contribution is 2.18. The van der Waals surface area contributed by atoms with E-state index in [-0.39, 0.29) is 18.4 Å². The lowest BCUT2D eigenvalue weighted by Gasteiger charge is -2.11. The van der Waals surface area contributed by atoms with Gasteiger partial charge in [0.1, 0.15) is 0 Å². The highest BCUT2D eigenvalue weighted by atomic mass is 19.4. The van der Waals surface area contributed by atoms with E-state index < -0.39 is 12.6 Å². The minimum Gasteiger partial charge on any atom is -0.359 e. The lowest BCUT2D eigenvalue weighted by Crippen LogP contribution is -2.38. The molecule has 0 unspecified atom stereocenters. The fourth-order valence-electron chi connectivity index (χ4n) is 1.40. The van der Waals surface area contributed by atoms with Crippen LogP contribution in [0.25, 0.3) is 0 Å². The molecule has 0 aliphatic heterocycles. The molecule has 114 valence electrons. The van der Waals surface area contributed by atoms with Crippen LogP contribution in [0.1, 0.15) is 37.6 Å². The topological polar surface area (TPSA) is 62.5 Å². The smallest absolute Gasteiger partial charge is 0.359 e. The van der Waals surface area contributed by atoms with Gasteiger partial charge in [0.15, 0.2) is 11.7 Å². The van der Waals surface area contributed by atoms with E-state index in [1.54, 1.807) is 6.07 Å². The molecule has 5 nitrogen and oxygen atoms in total. The number of halogens is 3. The molecule has 0 bridgehead atoms. The van der Waals surface area contributed by atoms with Gasteiger partial charge in [-0.2, -0.15) is 13.2 Å². The molecule has 0 radical (unpaired) electrons. The lowest BCUT2D eigenvalue weighted by atomic mass is 10.1. The van der Waals surface area contributed by atoms with Gasteiger partial charge in [0.2, 0.25) is 0 Å². The summed E-state index contributed by atoms with van der Waals surface area (Å²) in [5, 5.41) is 9.33. The number of aromatic nitrogens is 1. The van der Waals surface area contributed by atoms with Crippen LogP contribution in [-0.2, 0) is 6.54 Å². The Morgan fingerprint density at radius 1 is 1.40 bits per heavy atom. The van der Waals surface area contributed by atoms with Crippen LogP contribution in [0.2, 0.25) is 0 Å². The van der Waals surface area contributed by atoms with Crippen molar-refractivity contribution in [2.45, 2.75) is 38.9 Å².